The molecule has 9 nitrogen and oxygen atoms in total. The van der Waals surface area contributed by atoms with Crippen LogP contribution in [-0.2, 0) is 15.0 Å². The maximum atomic E-state index is 12.6. The van der Waals surface area contributed by atoms with Crippen molar-refractivity contribution in [3.8, 4) is 5.75 Å². The van der Waals surface area contributed by atoms with Crippen molar-refractivity contribution in [2.24, 2.45) is 0 Å². The Morgan fingerprint density at radius 3 is 2.67 bits per heavy atom. The van der Waals surface area contributed by atoms with Crippen LogP contribution >= 0.6 is 0 Å². The number of nitrogens with zero attached hydrogens (tertiary/aromatic N) is 2. The van der Waals surface area contributed by atoms with E-state index >= 15 is 0 Å². The second-order valence-corrected chi connectivity index (χ2v) is 9.35. The van der Waals surface area contributed by atoms with Crippen LogP contribution in [0.25, 0.3) is 6.08 Å². The Labute approximate surface area is 210 Å². The van der Waals surface area contributed by atoms with Crippen LogP contribution in [0, 0.1) is 10.1 Å². The molecule has 0 fully saturated rings. The number of hydrogen-bond donors (Lipinski definition) is 2. The number of nitrogens with one attached hydrogen (secondary N) is 2. The molecule has 1 atom stereocenters. The molecule has 9 heteroatoms. The lowest BCUT2D eigenvalue weighted by atomic mass is 9.76. The van der Waals surface area contributed by atoms with E-state index in [1.54, 1.807) is 6.07 Å². The normalized spacial score (nSPS) is 18.7. The van der Waals surface area contributed by atoms with Crippen molar-refractivity contribution in [1.29, 1.82) is 0 Å². The van der Waals surface area contributed by atoms with Gasteiger partial charge in [-0.15, -0.1) is 0 Å². The molecule has 1 spiro atoms. The molecule has 2 heterocycles. The Morgan fingerprint density at radius 2 is 1.92 bits per heavy atom. The van der Waals surface area contributed by atoms with Crippen molar-refractivity contribution in [3.05, 3.63) is 82.4 Å². The summed E-state index contributed by atoms with van der Waals surface area (Å²) < 4.78 is 6.64. The molecule has 36 heavy (non-hydrogen) atoms. The van der Waals surface area contributed by atoms with Crippen molar-refractivity contribution < 1.29 is 19.2 Å². The number of ether oxygens (including phenoxy) is 1. The predicted octanol–water partition coefficient (Wildman–Crippen LogP) is 3.69. The molecule has 2 aliphatic heterocycles. The number of nitro benzene ring substituents is 1. The fourth-order valence-electron chi connectivity index (χ4n) is 4.89. The average molecular weight is 491 g/mol. The monoisotopic (exact) mass is 490 g/mol. The van der Waals surface area contributed by atoms with E-state index in [-0.39, 0.29) is 23.9 Å². The van der Waals surface area contributed by atoms with Crippen LogP contribution < -0.4 is 20.3 Å². The minimum absolute atomic E-state index is 0.00417. The molecule has 2 aromatic carbocycles. The van der Waals surface area contributed by atoms with Gasteiger partial charge in [0.25, 0.3) is 5.69 Å². The van der Waals surface area contributed by atoms with E-state index in [9.17, 15) is 19.7 Å². The first-order chi connectivity index (χ1) is 17.2. The molecule has 0 bridgehead atoms. The first kappa shape index (κ1) is 25.0. The molecule has 0 saturated heterocycles. The fraction of sp³-hybridized carbons (Fsp3) is 0.333. The molecule has 0 saturated carbocycles. The smallest absolute Gasteiger partial charge is 0.270 e. The Morgan fingerprint density at radius 1 is 1.17 bits per heavy atom. The van der Waals surface area contributed by atoms with Crippen LogP contribution in [-0.4, -0.2) is 42.1 Å². The largest absolute Gasteiger partial charge is 0.463 e. The molecule has 2 N–H and O–H groups in total. The zero-order valence-corrected chi connectivity index (χ0v) is 20.5. The van der Waals surface area contributed by atoms with Crippen molar-refractivity contribution in [2.75, 3.05) is 24.5 Å². The summed E-state index contributed by atoms with van der Waals surface area (Å²) in [5, 5.41) is 16.8. The number of carbonyl (C=O) groups is 2. The number of para-hydroxylation sites is 1. The van der Waals surface area contributed by atoms with E-state index in [0.717, 1.165) is 11.3 Å². The summed E-state index contributed by atoms with van der Waals surface area (Å²) in [6.07, 6.45) is 5.88. The van der Waals surface area contributed by atoms with Crippen LogP contribution in [0.4, 0.5) is 11.4 Å². The highest BCUT2D eigenvalue weighted by atomic mass is 16.6. The molecule has 2 aromatic rings. The van der Waals surface area contributed by atoms with E-state index in [1.807, 2.05) is 30.4 Å². The van der Waals surface area contributed by atoms with Gasteiger partial charge in [-0.3, -0.25) is 19.7 Å². The highest BCUT2D eigenvalue weighted by Crippen LogP contribution is 2.55. The standard InChI is InChI=1S/C27H30N4O5/c1-4-24(32)28-15-7-16-29-25(33)13-17-30-22-9-6-5-8-21(22)26(2,3)27(30)14-12-19-18-20(31(34)35)10-11-23(19)36-27/h4-6,8-12,14,18H,1,7,13,15-17H2,2-3H3,(H,28,32)(H,29,33). The van der Waals surface area contributed by atoms with E-state index in [4.69, 9.17) is 4.74 Å². The minimum Gasteiger partial charge on any atom is -0.463 e. The summed E-state index contributed by atoms with van der Waals surface area (Å²) in [5.74, 6) is 0.219. The van der Waals surface area contributed by atoms with Crippen molar-refractivity contribution >= 4 is 29.3 Å². The molecule has 188 valence electrons. The number of amides is 2. The van der Waals surface area contributed by atoms with Crippen LogP contribution in [0.15, 0.2) is 61.2 Å². The van der Waals surface area contributed by atoms with Crippen molar-refractivity contribution in [1.82, 2.24) is 10.6 Å². The van der Waals surface area contributed by atoms with E-state index < -0.39 is 16.1 Å². The van der Waals surface area contributed by atoms with Crippen LogP contribution in [0.2, 0.25) is 0 Å². The van der Waals surface area contributed by atoms with Gasteiger partial charge in [0, 0.05) is 49.4 Å². The molecule has 0 radical (unpaired) electrons. The summed E-state index contributed by atoms with van der Waals surface area (Å²) in [7, 11) is 0. The second-order valence-electron chi connectivity index (χ2n) is 9.35. The molecular formula is C27H30N4O5. The number of carbonyl (C=O) groups excluding carboxylic acids is 2. The summed E-state index contributed by atoms with van der Waals surface area (Å²) in [6.45, 7) is 8.93. The Balaban J connectivity index is 1.52. The molecule has 2 aliphatic rings. The Hall–Kier alpha value is -4.14. The van der Waals surface area contributed by atoms with Gasteiger partial charge in [-0.2, -0.15) is 0 Å². The summed E-state index contributed by atoms with van der Waals surface area (Å²) in [5.41, 5.74) is 1.34. The fourth-order valence-corrected chi connectivity index (χ4v) is 4.89. The number of hydrogen-bond acceptors (Lipinski definition) is 6. The number of nitro groups is 1. The zero-order chi connectivity index (χ0) is 25.9. The third kappa shape index (κ3) is 4.44. The third-order valence-corrected chi connectivity index (χ3v) is 6.85. The zero-order valence-electron chi connectivity index (χ0n) is 20.5. The van der Waals surface area contributed by atoms with Gasteiger partial charge < -0.3 is 20.3 Å². The lowest BCUT2D eigenvalue weighted by Crippen LogP contribution is -2.60. The quantitative estimate of drug-likeness (QED) is 0.240. The van der Waals surface area contributed by atoms with Crippen LogP contribution in [0.3, 0.4) is 0 Å². The number of fused-ring (bicyclic) bond motifs is 2. The second kappa shape index (κ2) is 9.85. The van der Waals surface area contributed by atoms with Crippen molar-refractivity contribution in [2.45, 2.75) is 37.8 Å². The highest BCUT2D eigenvalue weighted by Gasteiger charge is 2.58. The van der Waals surface area contributed by atoms with Gasteiger partial charge in [0.1, 0.15) is 5.75 Å². The van der Waals surface area contributed by atoms with Gasteiger partial charge in [0.05, 0.1) is 10.3 Å². The Kier molecular flexibility index (Phi) is 6.83. The van der Waals surface area contributed by atoms with Crippen LogP contribution in [0.5, 0.6) is 5.75 Å². The molecule has 0 aromatic heterocycles. The third-order valence-electron chi connectivity index (χ3n) is 6.85. The summed E-state index contributed by atoms with van der Waals surface area (Å²) >= 11 is 0. The minimum atomic E-state index is -0.908. The summed E-state index contributed by atoms with van der Waals surface area (Å²) in [6, 6.07) is 12.6. The SMILES string of the molecule is C=CC(=O)NCCCNC(=O)CCN1c2ccccc2C(C)(C)C12C=Cc1cc([N+](=O)[O-])ccc1O2. The molecule has 0 aliphatic carbocycles. The average Bonchev–Trinajstić information content (AvgIpc) is 3.04. The van der Waals surface area contributed by atoms with Gasteiger partial charge in [-0.1, -0.05) is 24.8 Å². The van der Waals surface area contributed by atoms with Gasteiger partial charge in [0.2, 0.25) is 17.5 Å². The molecular weight excluding hydrogens is 460 g/mol. The van der Waals surface area contributed by atoms with E-state index in [2.05, 4.69) is 42.0 Å². The molecule has 4 rings (SSSR count). The van der Waals surface area contributed by atoms with Gasteiger partial charge in [-0.25, -0.2) is 0 Å². The first-order valence-electron chi connectivity index (χ1n) is 11.9. The molecule has 1 unspecified atom stereocenters. The maximum absolute atomic E-state index is 12.6. The predicted molar refractivity (Wildman–Crippen MR) is 138 cm³/mol. The number of anilines is 1. The topological polar surface area (TPSA) is 114 Å². The van der Waals surface area contributed by atoms with Crippen molar-refractivity contribution in [3.63, 3.8) is 0 Å². The van der Waals surface area contributed by atoms with Gasteiger partial charge in [-0.05, 0) is 56.2 Å². The first-order valence-corrected chi connectivity index (χ1v) is 11.9. The van der Waals surface area contributed by atoms with Gasteiger partial charge >= 0.3 is 0 Å². The molecule has 2 amide bonds. The summed E-state index contributed by atoms with van der Waals surface area (Å²) in [4.78, 5) is 36.7. The number of benzene rings is 2. The van der Waals surface area contributed by atoms with E-state index in [1.165, 1.54) is 18.2 Å². The number of non-ortho nitro benzene ring substituents is 1. The van der Waals surface area contributed by atoms with Crippen LogP contribution in [0.1, 0.15) is 37.8 Å². The number of rotatable bonds is 9. The van der Waals surface area contributed by atoms with Gasteiger partial charge in [0.15, 0.2) is 0 Å². The lowest BCUT2D eigenvalue weighted by Gasteiger charge is -2.47. The highest BCUT2D eigenvalue weighted by molar-refractivity contribution is 5.86. The Bertz CT molecular complexity index is 1240. The lowest BCUT2D eigenvalue weighted by molar-refractivity contribution is -0.384. The maximum Gasteiger partial charge on any atom is 0.270 e. The van der Waals surface area contributed by atoms with E-state index in [0.29, 0.717) is 37.4 Å².